The van der Waals surface area contributed by atoms with Gasteiger partial charge >= 0.3 is 0 Å². The number of hydrogen-bond donors (Lipinski definition) is 1. The molecule has 3 aromatic rings. The first-order valence-corrected chi connectivity index (χ1v) is 7.55. The van der Waals surface area contributed by atoms with Crippen molar-refractivity contribution in [1.82, 2.24) is 14.7 Å². The van der Waals surface area contributed by atoms with E-state index in [1.165, 1.54) is 0 Å². The highest BCUT2D eigenvalue weighted by Crippen LogP contribution is 2.15. The maximum atomic E-state index is 11.8. The SMILES string of the molecule is C#CCNC(=O)c1ccc(OCc2cn3cccc(C)c3n2)cc1. The van der Waals surface area contributed by atoms with Crippen molar-refractivity contribution in [2.45, 2.75) is 13.5 Å². The number of benzene rings is 1. The van der Waals surface area contributed by atoms with Crippen LogP contribution in [0.25, 0.3) is 5.65 Å². The predicted octanol–water partition coefficient (Wildman–Crippen LogP) is 2.58. The molecule has 1 N–H and O–H groups in total. The van der Waals surface area contributed by atoms with Gasteiger partial charge in [0.15, 0.2) is 0 Å². The summed E-state index contributed by atoms with van der Waals surface area (Å²) in [6.45, 7) is 2.60. The van der Waals surface area contributed by atoms with Crippen LogP contribution < -0.4 is 10.1 Å². The number of hydrogen-bond acceptors (Lipinski definition) is 3. The number of carbonyl (C=O) groups excluding carboxylic acids is 1. The zero-order chi connectivity index (χ0) is 16.9. The Balaban J connectivity index is 1.64. The van der Waals surface area contributed by atoms with Crippen LogP contribution in [-0.2, 0) is 6.61 Å². The Morgan fingerprint density at radius 2 is 2.12 bits per heavy atom. The molecule has 3 rings (SSSR count). The van der Waals surface area contributed by atoms with Gasteiger partial charge in [0.1, 0.15) is 18.0 Å². The zero-order valence-corrected chi connectivity index (χ0v) is 13.3. The topological polar surface area (TPSA) is 55.6 Å². The molecular formula is C19H17N3O2. The van der Waals surface area contributed by atoms with Gasteiger partial charge in [0.05, 0.1) is 12.2 Å². The molecule has 2 aromatic heterocycles. The summed E-state index contributed by atoms with van der Waals surface area (Å²) in [4.78, 5) is 16.3. The first kappa shape index (κ1) is 15.6. The molecule has 0 aliphatic rings. The van der Waals surface area contributed by atoms with Crippen LogP contribution in [0.4, 0.5) is 0 Å². The Bertz CT molecular complexity index is 905. The first-order chi connectivity index (χ1) is 11.7. The summed E-state index contributed by atoms with van der Waals surface area (Å²) in [6.07, 6.45) is 9.03. The molecule has 5 nitrogen and oxygen atoms in total. The molecule has 24 heavy (non-hydrogen) atoms. The van der Waals surface area contributed by atoms with Crippen LogP contribution in [0.5, 0.6) is 5.75 Å². The second-order valence-corrected chi connectivity index (χ2v) is 5.35. The number of ether oxygens (including phenoxy) is 1. The van der Waals surface area contributed by atoms with Crippen LogP contribution in [0.1, 0.15) is 21.6 Å². The number of pyridine rings is 1. The lowest BCUT2D eigenvalue weighted by atomic mass is 10.2. The molecule has 0 spiro atoms. The van der Waals surface area contributed by atoms with Crippen LogP contribution in [0.3, 0.4) is 0 Å². The number of nitrogens with one attached hydrogen (secondary N) is 1. The summed E-state index contributed by atoms with van der Waals surface area (Å²) in [5.74, 6) is 2.85. The van der Waals surface area contributed by atoms with E-state index in [0.717, 1.165) is 16.9 Å². The third-order valence-corrected chi connectivity index (χ3v) is 3.58. The first-order valence-electron chi connectivity index (χ1n) is 7.55. The van der Waals surface area contributed by atoms with Gasteiger partial charge in [-0.25, -0.2) is 4.98 Å². The molecule has 0 saturated carbocycles. The third kappa shape index (κ3) is 3.39. The number of carbonyl (C=O) groups is 1. The molecule has 0 saturated heterocycles. The lowest BCUT2D eigenvalue weighted by molar-refractivity contribution is 0.0958. The predicted molar refractivity (Wildman–Crippen MR) is 91.9 cm³/mol. The van der Waals surface area contributed by atoms with Gasteiger partial charge in [-0.05, 0) is 42.8 Å². The van der Waals surface area contributed by atoms with Crippen molar-refractivity contribution in [1.29, 1.82) is 0 Å². The zero-order valence-electron chi connectivity index (χ0n) is 13.3. The van der Waals surface area contributed by atoms with E-state index in [1.807, 2.05) is 35.9 Å². The molecule has 0 atom stereocenters. The Labute approximate surface area is 140 Å². The van der Waals surface area contributed by atoms with Gasteiger partial charge in [-0.3, -0.25) is 4.79 Å². The van der Waals surface area contributed by atoms with Crippen LogP contribution in [0, 0.1) is 19.3 Å². The molecule has 0 fully saturated rings. The highest BCUT2D eigenvalue weighted by molar-refractivity contribution is 5.94. The van der Waals surface area contributed by atoms with E-state index in [9.17, 15) is 4.79 Å². The van der Waals surface area contributed by atoms with E-state index in [-0.39, 0.29) is 12.5 Å². The normalized spacial score (nSPS) is 10.3. The minimum atomic E-state index is -0.199. The average molecular weight is 319 g/mol. The number of rotatable bonds is 5. The minimum Gasteiger partial charge on any atom is -0.487 e. The van der Waals surface area contributed by atoms with Crippen LogP contribution in [-0.4, -0.2) is 21.8 Å². The molecular weight excluding hydrogens is 302 g/mol. The molecule has 0 unspecified atom stereocenters. The largest absolute Gasteiger partial charge is 0.487 e. The number of aromatic nitrogens is 2. The molecule has 0 aliphatic carbocycles. The van der Waals surface area contributed by atoms with Crippen molar-refractivity contribution in [2.24, 2.45) is 0 Å². The number of fused-ring (bicyclic) bond motifs is 1. The second-order valence-electron chi connectivity index (χ2n) is 5.35. The number of imidazole rings is 1. The number of amides is 1. The molecule has 1 aromatic carbocycles. The summed E-state index contributed by atoms with van der Waals surface area (Å²) >= 11 is 0. The van der Waals surface area contributed by atoms with Crippen molar-refractivity contribution < 1.29 is 9.53 Å². The van der Waals surface area contributed by atoms with Gasteiger partial charge < -0.3 is 14.5 Å². The highest BCUT2D eigenvalue weighted by Gasteiger charge is 2.06. The lowest BCUT2D eigenvalue weighted by Gasteiger charge is -2.05. The monoisotopic (exact) mass is 319 g/mol. The molecule has 0 bridgehead atoms. The van der Waals surface area contributed by atoms with Crippen molar-refractivity contribution in [2.75, 3.05) is 6.54 Å². The van der Waals surface area contributed by atoms with Gasteiger partial charge in [0, 0.05) is 18.0 Å². The maximum Gasteiger partial charge on any atom is 0.252 e. The van der Waals surface area contributed by atoms with Crippen LogP contribution >= 0.6 is 0 Å². The van der Waals surface area contributed by atoms with Gasteiger partial charge in [-0.2, -0.15) is 0 Å². The summed E-state index contributed by atoms with van der Waals surface area (Å²) in [7, 11) is 0. The lowest BCUT2D eigenvalue weighted by Crippen LogP contribution is -2.23. The quantitative estimate of drug-likeness (QED) is 0.736. The summed E-state index contributed by atoms with van der Waals surface area (Å²) < 4.78 is 7.72. The molecule has 5 heteroatoms. The molecule has 120 valence electrons. The average Bonchev–Trinajstić information content (AvgIpc) is 3.03. The van der Waals surface area contributed by atoms with E-state index in [0.29, 0.717) is 17.9 Å². The van der Waals surface area contributed by atoms with Crippen LogP contribution in [0.15, 0.2) is 48.8 Å². The summed E-state index contributed by atoms with van der Waals surface area (Å²) in [5.41, 5.74) is 3.43. The Kier molecular flexibility index (Phi) is 4.48. The summed E-state index contributed by atoms with van der Waals surface area (Å²) in [6, 6.07) is 10.9. The molecule has 0 radical (unpaired) electrons. The van der Waals surface area contributed by atoms with Gasteiger partial charge in [0.2, 0.25) is 0 Å². The fourth-order valence-electron chi connectivity index (χ4n) is 2.37. The Morgan fingerprint density at radius 3 is 2.83 bits per heavy atom. The van der Waals surface area contributed by atoms with E-state index in [4.69, 9.17) is 11.2 Å². The number of nitrogens with zero attached hydrogens (tertiary/aromatic N) is 2. The minimum absolute atomic E-state index is 0.199. The van der Waals surface area contributed by atoms with Crippen molar-refractivity contribution in [3.8, 4) is 18.1 Å². The fourth-order valence-corrected chi connectivity index (χ4v) is 2.37. The van der Waals surface area contributed by atoms with Crippen molar-refractivity contribution in [3.63, 3.8) is 0 Å². The molecule has 1 amide bonds. The molecule has 2 heterocycles. The maximum absolute atomic E-state index is 11.8. The number of aryl methyl sites for hydroxylation is 1. The second kappa shape index (κ2) is 6.88. The van der Waals surface area contributed by atoms with E-state index in [2.05, 4.69) is 16.2 Å². The molecule has 0 aliphatic heterocycles. The highest BCUT2D eigenvalue weighted by atomic mass is 16.5. The van der Waals surface area contributed by atoms with Crippen molar-refractivity contribution >= 4 is 11.6 Å². The van der Waals surface area contributed by atoms with E-state index in [1.54, 1.807) is 24.3 Å². The smallest absolute Gasteiger partial charge is 0.252 e. The van der Waals surface area contributed by atoms with Crippen molar-refractivity contribution in [3.05, 3.63) is 65.6 Å². The Hall–Kier alpha value is -3.26. The summed E-state index contributed by atoms with van der Waals surface area (Å²) in [5, 5.41) is 2.62. The fraction of sp³-hybridized carbons (Fsp3) is 0.158. The number of terminal acetylenes is 1. The van der Waals surface area contributed by atoms with Gasteiger partial charge in [-0.1, -0.05) is 12.0 Å². The van der Waals surface area contributed by atoms with Gasteiger partial charge in [0.25, 0.3) is 5.91 Å². The Morgan fingerprint density at radius 1 is 1.33 bits per heavy atom. The third-order valence-electron chi connectivity index (χ3n) is 3.58. The van der Waals surface area contributed by atoms with Crippen LogP contribution in [0.2, 0.25) is 0 Å². The van der Waals surface area contributed by atoms with E-state index < -0.39 is 0 Å². The van der Waals surface area contributed by atoms with E-state index >= 15 is 0 Å². The standard InChI is InChI=1S/C19H17N3O2/c1-3-10-20-19(23)15-6-8-17(9-7-15)24-13-16-12-22-11-4-5-14(2)18(22)21-16/h1,4-9,11-12H,10,13H2,2H3,(H,20,23). The van der Waals surface area contributed by atoms with Gasteiger partial charge in [-0.15, -0.1) is 6.42 Å².